The summed E-state index contributed by atoms with van der Waals surface area (Å²) in [6.07, 6.45) is 14.2. The molecule has 2 heterocycles. The molecule has 0 unspecified atom stereocenters. The van der Waals surface area contributed by atoms with Crippen LogP contribution in [0.5, 0.6) is 0 Å². The number of hydrogen-bond acceptors (Lipinski definition) is 7. The van der Waals surface area contributed by atoms with E-state index in [-0.39, 0.29) is 22.9 Å². The van der Waals surface area contributed by atoms with Gasteiger partial charge in [-0.25, -0.2) is 8.42 Å². The highest BCUT2D eigenvalue weighted by Crippen LogP contribution is 2.59. The van der Waals surface area contributed by atoms with E-state index in [1.54, 1.807) is 12.1 Å². The molecule has 2 aromatic rings. The average molecular weight is 565 g/mol. The molecule has 1 spiro atoms. The van der Waals surface area contributed by atoms with Crippen molar-refractivity contribution in [2.45, 2.75) is 113 Å². The number of hydrogen-bond donors (Lipinski definition) is 0. The summed E-state index contributed by atoms with van der Waals surface area (Å²) in [5.41, 5.74) is 4.73. The Morgan fingerprint density at radius 2 is 1.73 bits per heavy atom. The van der Waals surface area contributed by atoms with Crippen LogP contribution >= 0.6 is 0 Å². The number of ether oxygens (including phenoxy) is 1. The molecule has 8 rings (SSSR count). The standard InChI is InChI=1S/C32H40N2O5S/c35-28(19-40(36,37)26-7-8-26)20-3-5-24(6-4-20)34-17-23-15-25(34)16-29(23)38-18-27-30(33-39-31(27)22-1-2-22)21-9-11-32(12-10-21)13-14-32/h3-6,21-23,25-26,29H,1-2,7-19H2/t23-,25-,29+/m0/s1. The van der Waals surface area contributed by atoms with Crippen molar-refractivity contribution in [3.05, 3.63) is 46.8 Å². The minimum Gasteiger partial charge on any atom is -0.373 e. The van der Waals surface area contributed by atoms with Gasteiger partial charge in [0.25, 0.3) is 0 Å². The van der Waals surface area contributed by atoms with E-state index in [0.29, 0.717) is 54.2 Å². The van der Waals surface area contributed by atoms with Crippen LogP contribution < -0.4 is 4.90 Å². The van der Waals surface area contributed by atoms with Crippen molar-refractivity contribution in [1.82, 2.24) is 5.16 Å². The molecule has 0 N–H and O–H groups in total. The average Bonchev–Trinajstić information content (AvgIpc) is 3.91. The quantitative estimate of drug-likeness (QED) is 0.330. The zero-order valence-electron chi connectivity index (χ0n) is 23.2. The van der Waals surface area contributed by atoms with Gasteiger partial charge in [-0.15, -0.1) is 0 Å². The van der Waals surface area contributed by atoms with Gasteiger partial charge in [0.05, 0.1) is 23.7 Å². The van der Waals surface area contributed by atoms with Crippen molar-refractivity contribution < 1.29 is 22.5 Å². The number of fused-ring (bicyclic) bond motifs is 2. The third kappa shape index (κ3) is 4.73. The van der Waals surface area contributed by atoms with E-state index >= 15 is 0 Å². The Morgan fingerprint density at radius 1 is 0.975 bits per heavy atom. The van der Waals surface area contributed by atoms with Crippen LogP contribution in [0, 0.1) is 11.3 Å². The number of anilines is 1. The van der Waals surface area contributed by atoms with Crippen LogP contribution in [-0.4, -0.2) is 49.1 Å². The molecule has 2 bridgehead atoms. The Kier molecular flexibility index (Phi) is 6.01. The van der Waals surface area contributed by atoms with Gasteiger partial charge in [0.1, 0.15) is 11.5 Å². The molecule has 7 nitrogen and oxygen atoms in total. The number of nitrogens with zero attached hydrogens (tertiary/aromatic N) is 2. The van der Waals surface area contributed by atoms with Crippen LogP contribution in [0.15, 0.2) is 28.8 Å². The third-order valence-electron chi connectivity index (χ3n) is 11.0. The van der Waals surface area contributed by atoms with Gasteiger partial charge in [-0.2, -0.15) is 0 Å². The smallest absolute Gasteiger partial charge is 0.177 e. The number of Topliss-reactive ketones (excluding diaryl/α,β-unsaturated/α-hetero) is 1. The first-order chi connectivity index (χ1) is 19.4. The van der Waals surface area contributed by atoms with Crippen molar-refractivity contribution in [2.75, 3.05) is 17.2 Å². The summed E-state index contributed by atoms with van der Waals surface area (Å²) in [5.74, 6) is 1.99. The first kappa shape index (κ1) is 25.5. The molecule has 0 radical (unpaired) electrons. The van der Waals surface area contributed by atoms with Gasteiger partial charge in [0, 0.05) is 47.2 Å². The predicted octanol–water partition coefficient (Wildman–Crippen LogP) is 5.93. The van der Waals surface area contributed by atoms with Gasteiger partial charge in [-0.3, -0.25) is 4.79 Å². The molecule has 1 aromatic heterocycles. The number of sulfone groups is 1. The summed E-state index contributed by atoms with van der Waals surface area (Å²) < 4.78 is 37.1. The second-order valence-electron chi connectivity index (χ2n) is 13.8. The SMILES string of the molecule is O=C(CS(=O)(=O)C1CC1)c1ccc(N2C[C@@H]3C[C@H]2C[C@H]3OCc2c(C3CCC4(CC3)CC4)noc2C2CC2)cc1. The molecule has 1 aromatic carbocycles. The van der Waals surface area contributed by atoms with E-state index in [4.69, 9.17) is 9.26 Å². The Labute approximate surface area is 236 Å². The fourth-order valence-electron chi connectivity index (χ4n) is 7.91. The maximum Gasteiger partial charge on any atom is 0.177 e. The fraction of sp³-hybridized carbons (Fsp3) is 0.688. The molecule has 1 saturated heterocycles. The first-order valence-corrected chi connectivity index (χ1v) is 17.3. The Balaban J connectivity index is 0.893. The molecule has 5 saturated carbocycles. The van der Waals surface area contributed by atoms with Gasteiger partial charge in [-0.1, -0.05) is 5.16 Å². The number of carbonyl (C=O) groups excluding carboxylic acids is 1. The molecule has 214 valence electrons. The zero-order chi connectivity index (χ0) is 27.1. The molecule has 8 heteroatoms. The number of piperidine rings is 1. The number of rotatable bonds is 10. The van der Waals surface area contributed by atoms with E-state index in [0.717, 1.165) is 30.8 Å². The second kappa shape index (κ2) is 9.41. The molecule has 40 heavy (non-hydrogen) atoms. The third-order valence-corrected chi connectivity index (χ3v) is 13.1. The van der Waals surface area contributed by atoms with Gasteiger partial charge >= 0.3 is 0 Å². The van der Waals surface area contributed by atoms with Crippen LogP contribution in [0.4, 0.5) is 5.69 Å². The molecule has 6 aliphatic rings. The summed E-state index contributed by atoms with van der Waals surface area (Å²) in [7, 11) is -3.29. The summed E-state index contributed by atoms with van der Waals surface area (Å²) in [6, 6.07) is 7.99. The lowest BCUT2D eigenvalue weighted by molar-refractivity contribution is 0.0116. The molecular weight excluding hydrogens is 524 g/mol. The van der Waals surface area contributed by atoms with E-state index in [2.05, 4.69) is 10.1 Å². The van der Waals surface area contributed by atoms with E-state index < -0.39 is 9.84 Å². The maximum atomic E-state index is 12.6. The predicted molar refractivity (Wildman–Crippen MR) is 151 cm³/mol. The lowest BCUT2D eigenvalue weighted by Crippen LogP contribution is -2.38. The topological polar surface area (TPSA) is 89.7 Å². The second-order valence-corrected chi connectivity index (χ2v) is 16.1. The molecule has 0 amide bonds. The number of carbonyl (C=O) groups is 1. The van der Waals surface area contributed by atoms with Gasteiger partial charge in [-0.05, 0) is 107 Å². The molecule has 1 aliphatic heterocycles. The van der Waals surface area contributed by atoms with E-state index in [1.807, 2.05) is 12.1 Å². The van der Waals surface area contributed by atoms with E-state index in [1.165, 1.54) is 62.6 Å². The Morgan fingerprint density at radius 3 is 2.35 bits per heavy atom. The van der Waals surface area contributed by atoms with Crippen LogP contribution in [0.3, 0.4) is 0 Å². The minimum absolute atomic E-state index is 0.255. The molecule has 6 fully saturated rings. The fourth-order valence-corrected chi connectivity index (χ4v) is 9.54. The molecular formula is C32H40N2O5S. The number of aromatic nitrogens is 1. The van der Waals surface area contributed by atoms with E-state index in [9.17, 15) is 13.2 Å². The van der Waals surface area contributed by atoms with Crippen molar-refractivity contribution in [3.8, 4) is 0 Å². The number of ketones is 1. The first-order valence-electron chi connectivity index (χ1n) is 15.6. The van der Waals surface area contributed by atoms with Crippen molar-refractivity contribution in [2.24, 2.45) is 11.3 Å². The summed E-state index contributed by atoms with van der Waals surface area (Å²) in [6.45, 7) is 1.58. The summed E-state index contributed by atoms with van der Waals surface area (Å²) in [4.78, 5) is 15.0. The van der Waals surface area contributed by atoms with Gasteiger partial charge in [0.15, 0.2) is 15.6 Å². The minimum atomic E-state index is -3.29. The van der Waals surface area contributed by atoms with Crippen LogP contribution in [-0.2, 0) is 21.2 Å². The Hall–Kier alpha value is -2.19. The number of benzene rings is 1. The van der Waals surface area contributed by atoms with Crippen molar-refractivity contribution >= 4 is 21.3 Å². The lowest BCUT2D eigenvalue weighted by atomic mass is 9.77. The van der Waals surface area contributed by atoms with Gasteiger partial charge in [0.2, 0.25) is 0 Å². The zero-order valence-corrected chi connectivity index (χ0v) is 24.0. The summed E-state index contributed by atoms with van der Waals surface area (Å²) in [5, 5.41) is 4.34. The van der Waals surface area contributed by atoms with Crippen molar-refractivity contribution in [1.29, 1.82) is 0 Å². The Bertz CT molecular complexity index is 1390. The van der Waals surface area contributed by atoms with Crippen LogP contribution in [0.1, 0.15) is 116 Å². The van der Waals surface area contributed by atoms with Crippen molar-refractivity contribution in [3.63, 3.8) is 0 Å². The van der Waals surface area contributed by atoms with Crippen LogP contribution in [0.2, 0.25) is 0 Å². The molecule has 5 aliphatic carbocycles. The van der Waals surface area contributed by atoms with Crippen LogP contribution in [0.25, 0.3) is 0 Å². The normalized spacial score (nSPS) is 29.4. The largest absolute Gasteiger partial charge is 0.373 e. The van der Waals surface area contributed by atoms with Gasteiger partial charge < -0.3 is 14.2 Å². The summed E-state index contributed by atoms with van der Waals surface area (Å²) >= 11 is 0. The lowest BCUT2D eigenvalue weighted by Gasteiger charge is -2.33. The highest BCUT2D eigenvalue weighted by Gasteiger charge is 2.48. The highest BCUT2D eigenvalue weighted by atomic mass is 32.2. The highest BCUT2D eigenvalue weighted by molar-refractivity contribution is 7.93. The molecule has 3 atom stereocenters. The monoisotopic (exact) mass is 564 g/mol. The maximum absolute atomic E-state index is 12.6.